The van der Waals surface area contributed by atoms with E-state index in [0.717, 1.165) is 0 Å². The van der Waals surface area contributed by atoms with E-state index in [1.54, 1.807) is 0 Å². The Morgan fingerprint density at radius 3 is 2.67 bits per heavy atom. The lowest BCUT2D eigenvalue weighted by atomic mass is 10.00. The van der Waals surface area contributed by atoms with Crippen LogP contribution in [-0.2, 0) is 0 Å². The minimum absolute atomic E-state index is 0.661. The minimum Gasteiger partial charge on any atom is -0.263 e. The maximum absolute atomic E-state index is 4.34. The van der Waals surface area contributed by atoms with Gasteiger partial charge in [0.15, 0.2) is 0 Å². The standard InChI is InChI=1S/C8H13N/c1-6-4-5-7(2)9-8(6)3/h5-6H,4H2,1-3H3. The van der Waals surface area contributed by atoms with Crippen molar-refractivity contribution in [3.63, 3.8) is 0 Å². The lowest BCUT2D eigenvalue weighted by molar-refractivity contribution is 0.762. The third-order valence-electron chi connectivity index (χ3n) is 1.83. The number of hydrogen-bond acceptors (Lipinski definition) is 1. The fraction of sp³-hybridized carbons (Fsp3) is 0.625. The summed E-state index contributed by atoms with van der Waals surface area (Å²) in [7, 11) is 0. The zero-order valence-corrected chi connectivity index (χ0v) is 6.31. The molecule has 0 amide bonds. The highest BCUT2D eigenvalue weighted by Crippen LogP contribution is 2.15. The zero-order chi connectivity index (χ0) is 6.85. The van der Waals surface area contributed by atoms with Crippen LogP contribution < -0.4 is 0 Å². The average Bonchev–Trinajstić information content (AvgIpc) is 1.80. The molecule has 0 aromatic carbocycles. The number of hydrogen-bond donors (Lipinski definition) is 0. The van der Waals surface area contributed by atoms with Crippen molar-refractivity contribution in [3.8, 4) is 0 Å². The predicted octanol–water partition coefficient (Wildman–Crippen LogP) is 2.39. The Hall–Kier alpha value is -0.590. The van der Waals surface area contributed by atoms with Gasteiger partial charge in [-0.25, -0.2) is 0 Å². The van der Waals surface area contributed by atoms with Crippen LogP contribution in [-0.4, -0.2) is 5.71 Å². The van der Waals surface area contributed by atoms with Crippen molar-refractivity contribution < 1.29 is 0 Å². The van der Waals surface area contributed by atoms with E-state index in [4.69, 9.17) is 0 Å². The van der Waals surface area contributed by atoms with Gasteiger partial charge in [-0.05, 0) is 26.2 Å². The molecule has 0 radical (unpaired) electrons. The van der Waals surface area contributed by atoms with Gasteiger partial charge in [0.05, 0.1) is 0 Å². The molecule has 1 nitrogen and oxygen atoms in total. The highest BCUT2D eigenvalue weighted by molar-refractivity contribution is 5.85. The molecule has 0 saturated heterocycles. The zero-order valence-electron chi connectivity index (χ0n) is 6.31. The third kappa shape index (κ3) is 1.41. The summed E-state index contributed by atoms with van der Waals surface area (Å²) in [6, 6.07) is 0. The molecule has 0 fully saturated rings. The number of nitrogens with zero attached hydrogens (tertiary/aromatic N) is 1. The van der Waals surface area contributed by atoms with Crippen LogP contribution in [0, 0.1) is 5.92 Å². The van der Waals surface area contributed by atoms with Crippen molar-refractivity contribution in [2.45, 2.75) is 27.2 Å². The van der Waals surface area contributed by atoms with Crippen LogP contribution in [0.2, 0.25) is 0 Å². The molecule has 9 heavy (non-hydrogen) atoms. The van der Waals surface area contributed by atoms with Gasteiger partial charge in [-0.2, -0.15) is 0 Å². The van der Waals surface area contributed by atoms with E-state index in [0.29, 0.717) is 5.92 Å². The van der Waals surface area contributed by atoms with E-state index < -0.39 is 0 Å². The molecule has 1 unspecified atom stereocenters. The Balaban J connectivity index is 2.74. The quantitative estimate of drug-likeness (QED) is 0.469. The summed E-state index contributed by atoms with van der Waals surface area (Å²) in [6.07, 6.45) is 3.36. The first-order valence-corrected chi connectivity index (χ1v) is 3.42. The van der Waals surface area contributed by atoms with E-state index >= 15 is 0 Å². The molecular formula is C8H13N. The maximum atomic E-state index is 4.34. The van der Waals surface area contributed by atoms with Crippen molar-refractivity contribution in [2.24, 2.45) is 10.9 Å². The molecule has 0 saturated carbocycles. The lowest BCUT2D eigenvalue weighted by Crippen LogP contribution is -2.09. The van der Waals surface area contributed by atoms with Crippen LogP contribution in [0.25, 0.3) is 0 Å². The largest absolute Gasteiger partial charge is 0.263 e. The first kappa shape index (κ1) is 6.53. The Kier molecular flexibility index (Phi) is 1.70. The summed E-state index contributed by atoms with van der Waals surface area (Å²) in [5, 5.41) is 0. The van der Waals surface area contributed by atoms with Crippen molar-refractivity contribution in [3.05, 3.63) is 11.8 Å². The summed E-state index contributed by atoms with van der Waals surface area (Å²) in [5.74, 6) is 0.661. The van der Waals surface area contributed by atoms with Crippen LogP contribution in [0.5, 0.6) is 0 Å². The summed E-state index contributed by atoms with van der Waals surface area (Å²) in [6.45, 7) is 6.36. The SMILES string of the molecule is CC1=CCC(C)C(C)=N1. The normalized spacial score (nSPS) is 27.2. The fourth-order valence-corrected chi connectivity index (χ4v) is 0.952. The predicted molar refractivity (Wildman–Crippen MR) is 40.6 cm³/mol. The Labute approximate surface area is 56.5 Å². The second-order valence-corrected chi connectivity index (χ2v) is 2.74. The molecular weight excluding hydrogens is 110 g/mol. The van der Waals surface area contributed by atoms with Crippen molar-refractivity contribution in [2.75, 3.05) is 0 Å². The van der Waals surface area contributed by atoms with E-state index in [-0.39, 0.29) is 0 Å². The number of allylic oxidation sites excluding steroid dienone is 2. The monoisotopic (exact) mass is 123 g/mol. The lowest BCUT2D eigenvalue weighted by Gasteiger charge is -2.13. The summed E-state index contributed by atoms with van der Waals surface area (Å²) < 4.78 is 0. The highest BCUT2D eigenvalue weighted by Gasteiger charge is 2.07. The molecule has 1 rings (SSSR count). The first-order chi connectivity index (χ1) is 4.20. The molecule has 50 valence electrons. The molecule has 0 N–H and O–H groups in total. The highest BCUT2D eigenvalue weighted by atomic mass is 14.8. The van der Waals surface area contributed by atoms with Crippen molar-refractivity contribution in [1.82, 2.24) is 0 Å². The molecule has 0 aromatic rings. The first-order valence-electron chi connectivity index (χ1n) is 3.42. The summed E-state index contributed by atoms with van der Waals surface area (Å²) >= 11 is 0. The van der Waals surface area contributed by atoms with E-state index in [2.05, 4.69) is 31.8 Å². The van der Waals surface area contributed by atoms with E-state index in [1.807, 2.05) is 0 Å². The molecule has 1 aliphatic heterocycles. The molecule has 1 atom stereocenters. The van der Waals surface area contributed by atoms with Gasteiger partial charge >= 0.3 is 0 Å². The van der Waals surface area contributed by atoms with Gasteiger partial charge in [-0.15, -0.1) is 0 Å². The Morgan fingerprint density at radius 2 is 2.22 bits per heavy atom. The van der Waals surface area contributed by atoms with Gasteiger partial charge in [0.1, 0.15) is 0 Å². The van der Waals surface area contributed by atoms with Crippen LogP contribution in [0.3, 0.4) is 0 Å². The number of rotatable bonds is 0. The van der Waals surface area contributed by atoms with Crippen LogP contribution in [0.4, 0.5) is 0 Å². The van der Waals surface area contributed by atoms with E-state index in [9.17, 15) is 0 Å². The number of aliphatic imine (C=N–C) groups is 1. The molecule has 0 bridgehead atoms. The summed E-state index contributed by atoms with van der Waals surface area (Å²) in [4.78, 5) is 4.34. The smallest absolute Gasteiger partial charge is 0.0332 e. The van der Waals surface area contributed by atoms with Gasteiger partial charge in [-0.1, -0.05) is 13.0 Å². The van der Waals surface area contributed by atoms with Gasteiger partial charge in [0, 0.05) is 11.4 Å². The van der Waals surface area contributed by atoms with Crippen LogP contribution >= 0.6 is 0 Å². The van der Waals surface area contributed by atoms with Crippen molar-refractivity contribution in [1.29, 1.82) is 0 Å². The second-order valence-electron chi connectivity index (χ2n) is 2.74. The average molecular weight is 123 g/mol. The molecule has 0 aliphatic carbocycles. The maximum Gasteiger partial charge on any atom is 0.0332 e. The van der Waals surface area contributed by atoms with E-state index in [1.165, 1.54) is 17.8 Å². The van der Waals surface area contributed by atoms with Gasteiger partial charge < -0.3 is 0 Å². The van der Waals surface area contributed by atoms with Crippen LogP contribution in [0.1, 0.15) is 27.2 Å². The topological polar surface area (TPSA) is 12.4 Å². The van der Waals surface area contributed by atoms with Gasteiger partial charge in [-0.3, -0.25) is 4.99 Å². The second kappa shape index (κ2) is 2.34. The van der Waals surface area contributed by atoms with Crippen LogP contribution in [0.15, 0.2) is 16.8 Å². The van der Waals surface area contributed by atoms with Gasteiger partial charge in [0.2, 0.25) is 0 Å². The Morgan fingerprint density at radius 1 is 1.56 bits per heavy atom. The summed E-state index contributed by atoms with van der Waals surface area (Å²) in [5.41, 5.74) is 2.45. The molecule has 1 aliphatic rings. The Bertz CT molecular complexity index is 165. The molecule has 1 heteroatoms. The van der Waals surface area contributed by atoms with Gasteiger partial charge in [0.25, 0.3) is 0 Å². The fourth-order valence-electron chi connectivity index (χ4n) is 0.952. The third-order valence-corrected chi connectivity index (χ3v) is 1.83. The minimum atomic E-state index is 0.661. The molecule has 0 spiro atoms. The molecule has 1 heterocycles. The molecule has 0 aromatic heterocycles. The van der Waals surface area contributed by atoms with Crippen molar-refractivity contribution >= 4 is 5.71 Å².